The number of carboxylic acid groups (broad SMARTS) is 1. The number of rotatable bonds is 7. The first-order valence-electron chi connectivity index (χ1n) is 6.12. The smallest absolute Gasteiger partial charge is 0.335 e. The van der Waals surface area contributed by atoms with Crippen molar-refractivity contribution >= 4 is 16.0 Å². The van der Waals surface area contributed by atoms with Gasteiger partial charge in [-0.05, 0) is 24.1 Å². The molecule has 2 N–H and O–H groups in total. The first kappa shape index (κ1) is 16.6. The van der Waals surface area contributed by atoms with Crippen LogP contribution in [0.4, 0.5) is 0 Å². The Bertz CT molecular complexity index is 568. The summed E-state index contributed by atoms with van der Waals surface area (Å²) in [5, 5.41) is 8.89. The molecule has 20 heavy (non-hydrogen) atoms. The average Bonchev–Trinajstić information content (AvgIpc) is 2.38. The standard InChI is InChI=1S/C13H19NO5S/c1-9(2)12(8-19-3)14-20(17,18)11-6-4-5-10(7-11)13(15)16/h4-7,9,12,14H,8H2,1-3H3,(H,15,16). The zero-order valence-corrected chi connectivity index (χ0v) is 12.5. The summed E-state index contributed by atoms with van der Waals surface area (Å²) in [6.07, 6.45) is 0. The van der Waals surface area contributed by atoms with Gasteiger partial charge in [0, 0.05) is 13.2 Å². The fraction of sp³-hybridized carbons (Fsp3) is 0.462. The van der Waals surface area contributed by atoms with E-state index < -0.39 is 16.0 Å². The molecule has 0 saturated heterocycles. The second-order valence-corrected chi connectivity index (χ2v) is 6.47. The molecule has 0 spiro atoms. The highest BCUT2D eigenvalue weighted by Crippen LogP contribution is 2.14. The maximum atomic E-state index is 12.2. The monoisotopic (exact) mass is 301 g/mol. The van der Waals surface area contributed by atoms with Gasteiger partial charge in [0.15, 0.2) is 0 Å². The van der Waals surface area contributed by atoms with Crippen molar-refractivity contribution in [3.8, 4) is 0 Å². The van der Waals surface area contributed by atoms with Crippen molar-refractivity contribution in [3.63, 3.8) is 0 Å². The Kier molecular flexibility index (Phi) is 5.67. The van der Waals surface area contributed by atoms with Crippen molar-refractivity contribution < 1.29 is 23.1 Å². The van der Waals surface area contributed by atoms with Crippen LogP contribution in [-0.2, 0) is 14.8 Å². The largest absolute Gasteiger partial charge is 0.478 e. The third kappa shape index (κ3) is 4.29. The van der Waals surface area contributed by atoms with Gasteiger partial charge < -0.3 is 9.84 Å². The Balaban J connectivity index is 3.04. The molecule has 1 unspecified atom stereocenters. The molecule has 0 heterocycles. The number of hydrogen-bond donors (Lipinski definition) is 2. The minimum Gasteiger partial charge on any atom is -0.478 e. The second-order valence-electron chi connectivity index (χ2n) is 4.76. The molecule has 1 rings (SSSR count). The van der Waals surface area contributed by atoms with Gasteiger partial charge in [-0.15, -0.1) is 0 Å². The molecule has 0 amide bonds. The van der Waals surface area contributed by atoms with Crippen LogP contribution in [-0.4, -0.2) is 39.3 Å². The van der Waals surface area contributed by atoms with Crippen molar-refractivity contribution in [2.45, 2.75) is 24.8 Å². The predicted molar refractivity (Wildman–Crippen MR) is 74.2 cm³/mol. The van der Waals surface area contributed by atoms with Crippen LogP contribution in [0.25, 0.3) is 0 Å². The van der Waals surface area contributed by atoms with E-state index in [1.165, 1.54) is 25.3 Å². The fourth-order valence-electron chi connectivity index (χ4n) is 1.61. The van der Waals surface area contributed by atoms with E-state index in [2.05, 4.69) is 4.72 Å². The molecule has 1 aromatic rings. The molecule has 0 saturated carbocycles. The van der Waals surface area contributed by atoms with Crippen LogP contribution in [0.15, 0.2) is 29.2 Å². The first-order chi connectivity index (χ1) is 9.27. The molecule has 0 radical (unpaired) electrons. The summed E-state index contributed by atoms with van der Waals surface area (Å²) in [5.41, 5.74) is -0.0688. The van der Waals surface area contributed by atoms with Gasteiger partial charge in [-0.3, -0.25) is 0 Å². The molecule has 0 aliphatic heterocycles. The highest BCUT2D eigenvalue weighted by molar-refractivity contribution is 7.89. The van der Waals surface area contributed by atoms with Crippen LogP contribution < -0.4 is 4.72 Å². The molecule has 0 aliphatic carbocycles. The SMILES string of the molecule is COCC(NS(=O)(=O)c1cccc(C(=O)O)c1)C(C)C. The van der Waals surface area contributed by atoms with Crippen molar-refractivity contribution in [2.75, 3.05) is 13.7 Å². The van der Waals surface area contributed by atoms with Crippen molar-refractivity contribution in [3.05, 3.63) is 29.8 Å². The molecule has 1 aromatic carbocycles. The fourth-order valence-corrected chi connectivity index (χ4v) is 3.02. The lowest BCUT2D eigenvalue weighted by Gasteiger charge is -2.21. The van der Waals surface area contributed by atoms with E-state index in [4.69, 9.17) is 9.84 Å². The van der Waals surface area contributed by atoms with Gasteiger partial charge in [0.25, 0.3) is 0 Å². The molecular weight excluding hydrogens is 282 g/mol. The van der Waals surface area contributed by atoms with Crippen LogP contribution in [0.3, 0.4) is 0 Å². The van der Waals surface area contributed by atoms with E-state index in [0.29, 0.717) is 0 Å². The molecule has 0 bridgehead atoms. The number of methoxy groups -OCH3 is 1. The van der Waals surface area contributed by atoms with Crippen molar-refractivity contribution in [1.82, 2.24) is 4.72 Å². The Hall–Kier alpha value is -1.44. The van der Waals surface area contributed by atoms with E-state index in [9.17, 15) is 13.2 Å². The average molecular weight is 301 g/mol. The van der Waals surface area contributed by atoms with E-state index in [-0.39, 0.29) is 29.0 Å². The van der Waals surface area contributed by atoms with Crippen LogP contribution in [0.5, 0.6) is 0 Å². The normalized spacial score (nSPS) is 13.4. The number of carbonyl (C=O) groups is 1. The minimum absolute atomic E-state index is 0.0485. The topological polar surface area (TPSA) is 92.7 Å². The van der Waals surface area contributed by atoms with Crippen molar-refractivity contribution in [2.24, 2.45) is 5.92 Å². The lowest BCUT2D eigenvalue weighted by Crippen LogP contribution is -2.41. The minimum atomic E-state index is -3.78. The highest BCUT2D eigenvalue weighted by atomic mass is 32.2. The molecule has 112 valence electrons. The molecule has 0 aromatic heterocycles. The molecule has 0 aliphatic rings. The summed E-state index contributed by atoms with van der Waals surface area (Å²) in [5.74, 6) is -1.12. The molecule has 7 heteroatoms. The Morgan fingerprint density at radius 1 is 1.40 bits per heavy atom. The number of aromatic carboxylic acids is 1. The van der Waals surface area contributed by atoms with Gasteiger partial charge in [-0.2, -0.15) is 0 Å². The maximum absolute atomic E-state index is 12.2. The van der Waals surface area contributed by atoms with Crippen LogP contribution in [0.2, 0.25) is 0 Å². The van der Waals surface area contributed by atoms with Gasteiger partial charge >= 0.3 is 5.97 Å². The third-order valence-electron chi connectivity index (χ3n) is 2.85. The predicted octanol–water partition coefficient (Wildman–Crippen LogP) is 1.33. The first-order valence-corrected chi connectivity index (χ1v) is 7.61. The van der Waals surface area contributed by atoms with Gasteiger partial charge in [0.05, 0.1) is 17.1 Å². The highest BCUT2D eigenvalue weighted by Gasteiger charge is 2.23. The summed E-state index contributed by atoms with van der Waals surface area (Å²) >= 11 is 0. The van der Waals surface area contributed by atoms with E-state index in [1.54, 1.807) is 0 Å². The summed E-state index contributed by atoms with van der Waals surface area (Å²) in [6.45, 7) is 4.00. The lowest BCUT2D eigenvalue weighted by molar-refractivity contribution is 0.0696. The summed E-state index contributed by atoms with van der Waals surface area (Å²) in [4.78, 5) is 10.8. The number of benzene rings is 1. The number of ether oxygens (including phenoxy) is 1. The van der Waals surface area contributed by atoms with Gasteiger partial charge in [0.2, 0.25) is 10.0 Å². The Labute approximate surface area is 118 Å². The zero-order chi connectivity index (χ0) is 15.3. The van der Waals surface area contributed by atoms with E-state index in [0.717, 1.165) is 6.07 Å². The zero-order valence-electron chi connectivity index (χ0n) is 11.7. The second kappa shape index (κ2) is 6.83. The van der Waals surface area contributed by atoms with Crippen molar-refractivity contribution in [1.29, 1.82) is 0 Å². The molecule has 1 atom stereocenters. The van der Waals surface area contributed by atoms with Crippen LogP contribution in [0, 0.1) is 5.92 Å². The number of hydrogen-bond acceptors (Lipinski definition) is 4. The number of carboxylic acids is 1. The van der Waals surface area contributed by atoms with E-state index in [1.807, 2.05) is 13.8 Å². The summed E-state index contributed by atoms with van der Waals surface area (Å²) in [6, 6.07) is 4.86. The Morgan fingerprint density at radius 3 is 2.55 bits per heavy atom. The summed E-state index contributed by atoms with van der Waals surface area (Å²) < 4.78 is 32.0. The Morgan fingerprint density at radius 2 is 2.05 bits per heavy atom. The number of nitrogens with one attached hydrogen (secondary N) is 1. The maximum Gasteiger partial charge on any atom is 0.335 e. The molecule has 0 fully saturated rings. The summed E-state index contributed by atoms with van der Waals surface area (Å²) in [7, 11) is -2.28. The molecular formula is C13H19NO5S. The van der Waals surface area contributed by atoms with Gasteiger partial charge in [0.1, 0.15) is 0 Å². The quantitative estimate of drug-likeness (QED) is 0.792. The van der Waals surface area contributed by atoms with Gasteiger partial charge in [-0.25, -0.2) is 17.9 Å². The third-order valence-corrected chi connectivity index (χ3v) is 4.34. The lowest BCUT2D eigenvalue weighted by atomic mass is 10.1. The molecule has 6 nitrogen and oxygen atoms in total. The van der Waals surface area contributed by atoms with E-state index >= 15 is 0 Å². The van der Waals surface area contributed by atoms with Crippen LogP contribution >= 0.6 is 0 Å². The number of sulfonamides is 1. The van der Waals surface area contributed by atoms with Gasteiger partial charge in [-0.1, -0.05) is 19.9 Å². The van der Waals surface area contributed by atoms with Crippen LogP contribution in [0.1, 0.15) is 24.2 Å².